The van der Waals surface area contributed by atoms with E-state index >= 15 is 0 Å². The van der Waals surface area contributed by atoms with Crippen LogP contribution in [0, 0.1) is 0 Å². The number of fused-ring (bicyclic) bond motifs is 4. The zero-order chi connectivity index (χ0) is 36.5. The Hall–Kier alpha value is -4.01. The van der Waals surface area contributed by atoms with Gasteiger partial charge in [-0.25, -0.2) is 24.2 Å². The van der Waals surface area contributed by atoms with Gasteiger partial charge in [0.15, 0.2) is 14.8 Å². The van der Waals surface area contributed by atoms with E-state index in [0.29, 0.717) is 0 Å². The van der Waals surface area contributed by atoms with Gasteiger partial charge in [0.05, 0.1) is 11.7 Å². The summed E-state index contributed by atoms with van der Waals surface area (Å²) in [4.78, 5) is 42.7. The van der Waals surface area contributed by atoms with Crippen molar-refractivity contribution in [2.75, 3.05) is 18.6 Å². The van der Waals surface area contributed by atoms with Crippen LogP contribution in [0.2, 0.25) is 0 Å². The van der Waals surface area contributed by atoms with Crippen molar-refractivity contribution >= 4 is 60.6 Å². The Kier molecular flexibility index (Phi) is 8.85. The second kappa shape index (κ2) is 13.1. The van der Waals surface area contributed by atoms with Crippen molar-refractivity contribution < 1.29 is 23.8 Å². The second-order valence-electron chi connectivity index (χ2n) is 16.3. The maximum Gasteiger partial charge on any atom is 0.419 e. The number of benzene rings is 1. The Balaban J connectivity index is 1.09. The number of aromatic nitrogens is 5. The molecule has 0 spiro atoms. The van der Waals surface area contributed by atoms with Gasteiger partial charge in [0, 0.05) is 60.7 Å². The first-order valence-corrected chi connectivity index (χ1v) is 19.9. The second-order valence-corrected chi connectivity index (χ2v) is 18.2. The smallest absolute Gasteiger partial charge is 0.419 e. The number of piperidine rings is 1. The molecule has 3 aliphatic heterocycles. The van der Waals surface area contributed by atoms with Crippen LogP contribution in [0.5, 0.6) is 0 Å². The average Bonchev–Trinajstić information content (AvgIpc) is 3.91. The Bertz CT molecular complexity index is 2080. The van der Waals surface area contributed by atoms with Gasteiger partial charge in [-0.1, -0.05) is 28.7 Å². The standard InChI is InChI=1S/C38H47N7O5S2/c1-37(2,3)49-35(46)43-16-15-27-26(22-20-39-44(21-22)29-10-8-9-17-48-29)13-14-28(30(27)43)31-40-32-33(51-31)41-34(52-32)42(7)25-18-23-11-12-24(19-25)45(23)36(47)50-38(4,5)6/h13-16,20-21,23-25,29H,8-12,17-19H2,1-7H3/t23-,24+,25-,29?. The molecule has 14 heteroatoms. The SMILES string of the molecule is CN(c1nc2sc(-c3ccc(-c4cnn(C5CCCCO5)c4)c4ccn(C(=O)OC(C)(C)C)c34)nc2s1)[C@@H]1C[C@H]2CC[C@@H](C1)N2C(=O)OC(C)(C)C. The number of nitrogens with zero attached hydrogens (tertiary/aromatic N) is 7. The van der Waals surface area contributed by atoms with Crippen molar-refractivity contribution in [1.82, 2.24) is 29.2 Å². The maximum atomic E-state index is 13.6. The van der Waals surface area contributed by atoms with Crippen molar-refractivity contribution in [3.63, 3.8) is 0 Å². The number of amides is 1. The van der Waals surface area contributed by atoms with E-state index in [1.807, 2.05) is 75.7 Å². The molecule has 12 nitrogen and oxygen atoms in total. The van der Waals surface area contributed by atoms with Crippen molar-refractivity contribution in [3.05, 3.63) is 36.8 Å². The molecular formula is C38H47N7O5S2. The first-order valence-electron chi connectivity index (χ1n) is 18.3. The summed E-state index contributed by atoms with van der Waals surface area (Å²) < 4.78 is 21.1. The topological polar surface area (TPSA) is 117 Å². The molecule has 3 saturated heterocycles. The zero-order valence-electron chi connectivity index (χ0n) is 30.9. The van der Waals surface area contributed by atoms with Crippen LogP contribution in [0.25, 0.3) is 42.3 Å². The number of hydrogen-bond donors (Lipinski definition) is 0. The molecule has 7 heterocycles. The van der Waals surface area contributed by atoms with E-state index in [4.69, 9.17) is 24.2 Å². The lowest BCUT2D eigenvalue weighted by Gasteiger charge is -2.42. The molecule has 1 amide bonds. The fraction of sp³-hybridized carbons (Fsp3) is 0.553. The van der Waals surface area contributed by atoms with E-state index in [9.17, 15) is 9.59 Å². The monoisotopic (exact) mass is 745 g/mol. The number of carbonyl (C=O) groups is 2. The predicted molar refractivity (Wildman–Crippen MR) is 204 cm³/mol. The summed E-state index contributed by atoms with van der Waals surface area (Å²) in [6.07, 6.45) is 11.9. The molecule has 0 N–H and O–H groups in total. The van der Waals surface area contributed by atoms with E-state index in [1.165, 1.54) is 11.3 Å². The van der Waals surface area contributed by atoms with Crippen LogP contribution in [-0.4, -0.2) is 84.4 Å². The molecule has 3 fully saturated rings. The Morgan fingerprint density at radius 3 is 2.25 bits per heavy atom. The van der Waals surface area contributed by atoms with E-state index < -0.39 is 17.3 Å². The lowest BCUT2D eigenvalue weighted by molar-refractivity contribution is -0.0394. The third-order valence-electron chi connectivity index (χ3n) is 10.2. The van der Waals surface area contributed by atoms with Crippen molar-refractivity contribution in [2.45, 2.75) is 122 Å². The van der Waals surface area contributed by atoms with E-state index in [-0.39, 0.29) is 30.4 Å². The third kappa shape index (κ3) is 6.69. The molecule has 0 aliphatic carbocycles. The highest BCUT2D eigenvalue weighted by Crippen LogP contribution is 2.44. The Labute approximate surface area is 311 Å². The molecule has 0 saturated carbocycles. The van der Waals surface area contributed by atoms with Crippen LogP contribution in [0.3, 0.4) is 0 Å². The van der Waals surface area contributed by atoms with Gasteiger partial charge in [-0.3, -0.25) is 4.57 Å². The van der Waals surface area contributed by atoms with Crippen LogP contribution < -0.4 is 4.90 Å². The van der Waals surface area contributed by atoms with Crippen LogP contribution in [0.1, 0.15) is 92.7 Å². The Morgan fingerprint density at radius 1 is 0.885 bits per heavy atom. The van der Waals surface area contributed by atoms with Gasteiger partial charge in [-0.15, -0.1) is 0 Å². The zero-order valence-corrected chi connectivity index (χ0v) is 32.6. The molecule has 52 heavy (non-hydrogen) atoms. The van der Waals surface area contributed by atoms with Gasteiger partial charge in [0.2, 0.25) is 0 Å². The molecule has 276 valence electrons. The van der Waals surface area contributed by atoms with Gasteiger partial charge in [-0.2, -0.15) is 5.10 Å². The molecule has 4 atom stereocenters. The average molecular weight is 746 g/mol. The summed E-state index contributed by atoms with van der Waals surface area (Å²) in [5.74, 6) is 0. The quantitative estimate of drug-likeness (QED) is 0.174. The fourth-order valence-electron chi connectivity index (χ4n) is 7.85. The molecular weight excluding hydrogens is 699 g/mol. The lowest BCUT2D eigenvalue weighted by atomic mass is 9.97. The van der Waals surface area contributed by atoms with Gasteiger partial charge >= 0.3 is 12.2 Å². The minimum absolute atomic E-state index is 0.0662. The third-order valence-corrected chi connectivity index (χ3v) is 12.3. The van der Waals surface area contributed by atoms with E-state index in [2.05, 4.69) is 23.1 Å². The molecule has 0 radical (unpaired) electrons. The number of hydrogen-bond acceptors (Lipinski definition) is 11. The summed E-state index contributed by atoms with van der Waals surface area (Å²) in [6, 6.07) is 6.71. The Morgan fingerprint density at radius 2 is 1.58 bits per heavy atom. The highest BCUT2D eigenvalue weighted by molar-refractivity contribution is 7.29. The number of rotatable bonds is 5. The van der Waals surface area contributed by atoms with Crippen LogP contribution >= 0.6 is 22.7 Å². The van der Waals surface area contributed by atoms with E-state index in [0.717, 1.165) is 98.9 Å². The highest BCUT2D eigenvalue weighted by Gasteiger charge is 2.46. The summed E-state index contributed by atoms with van der Waals surface area (Å²) in [7, 11) is 2.11. The predicted octanol–water partition coefficient (Wildman–Crippen LogP) is 9.09. The van der Waals surface area contributed by atoms with Gasteiger partial charge in [0.1, 0.15) is 22.4 Å². The summed E-state index contributed by atoms with van der Waals surface area (Å²) in [5.41, 5.74) is 2.33. The number of anilines is 1. The van der Waals surface area contributed by atoms with Crippen LogP contribution in [-0.2, 0) is 14.2 Å². The highest BCUT2D eigenvalue weighted by atomic mass is 32.1. The van der Waals surface area contributed by atoms with Gasteiger partial charge < -0.3 is 24.0 Å². The molecule has 1 aromatic carbocycles. The summed E-state index contributed by atoms with van der Waals surface area (Å²) >= 11 is 3.11. The summed E-state index contributed by atoms with van der Waals surface area (Å²) in [5, 5.41) is 7.28. The number of carbonyl (C=O) groups excluding carboxylic acids is 2. The van der Waals surface area contributed by atoms with Crippen LogP contribution in [0.4, 0.5) is 14.7 Å². The van der Waals surface area contributed by atoms with Crippen molar-refractivity contribution in [1.29, 1.82) is 0 Å². The van der Waals surface area contributed by atoms with Gasteiger partial charge in [-0.05, 0) is 104 Å². The maximum absolute atomic E-state index is 13.6. The van der Waals surface area contributed by atoms with Gasteiger partial charge in [0.25, 0.3) is 0 Å². The largest absolute Gasteiger partial charge is 0.444 e. The first-order chi connectivity index (χ1) is 24.7. The molecule has 8 rings (SSSR count). The minimum atomic E-state index is -0.658. The lowest BCUT2D eigenvalue weighted by Crippen LogP contribution is -2.53. The molecule has 1 unspecified atom stereocenters. The van der Waals surface area contributed by atoms with Crippen molar-refractivity contribution in [3.8, 4) is 21.7 Å². The summed E-state index contributed by atoms with van der Waals surface area (Å²) in [6.45, 7) is 12.1. The molecule has 5 aromatic rings. The van der Waals surface area contributed by atoms with Crippen LogP contribution in [0.15, 0.2) is 36.8 Å². The minimum Gasteiger partial charge on any atom is -0.444 e. The normalized spacial score (nSPS) is 22.3. The molecule has 2 bridgehead atoms. The number of ether oxygens (including phenoxy) is 3. The fourth-order valence-corrected chi connectivity index (χ4v) is 9.94. The van der Waals surface area contributed by atoms with Crippen molar-refractivity contribution in [2.24, 2.45) is 0 Å². The number of thiazole rings is 2. The van der Waals surface area contributed by atoms with E-state index in [1.54, 1.807) is 22.1 Å². The molecule has 4 aromatic heterocycles. The molecule has 3 aliphatic rings. The first kappa shape index (κ1) is 35.0.